The molecule has 0 atom stereocenters. The third kappa shape index (κ3) is 4.48. The summed E-state index contributed by atoms with van der Waals surface area (Å²) in [7, 11) is 0. The molecule has 1 N–H and O–H groups in total. The summed E-state index contributed by atoms with van der Waals surface area (Å²) in [4.78, 5) is 0. The summed E-state index contributed by atoms with van der Waals surface area (Å²) in [6, 6.07) is 12.0. The number of benzene rings is 2. The van der Waals surface area contributed by atoms with Crippen molar-refractivity contribution in [3.05, 3.63) is 58.1 Å². The summed E-state index contributed by atoms with van der Waals surface area (Å²) < 4.78 is 6.06. The molecule has 21 heavy (non-hydrogen) atoms. The van der Waals surface area contributed by atoms with Gasteiger partial charge in [-0.25, -0.2) is 0 Å². The molecule has 0 saturated heterocycles. The van der Waals surface area contributed by atoms with Gasteiger partial charge in [-0.15, -0.1) is 0 Å². The van der Waals surface area contributed by atoms with Crippen molar-refractivity contribution in [2.75, 3.05) is 6.54 Å². The molecule has 0 amide bonds. The smallest absolute Gasteiger partial charge is 0.130 e. The first kappa shape index (κ1) is 15.9. The monoisotopic (exact) mass is 303 g/mol. The number of rotatable bonds is 6. The first-order chi connectivity index (χ1) is 10.1. The largest absolute Gasteiger partial charge is 0.457 e. The minimum atomic E-state index is 0.731. The second-order valence-corrected chi connectivity index (χ2v) is 5.72. The third-order valence-electron chi connectivity index (χ3n) is 3.37. The number of nitrogens with one attached hydrogen (secondary N) is 1. The first-order valence-corrected chi connectivity index (χ1v) is 7.72. The van der Waals surface area contributed by atoms with Gasteiger partial charge in [-0.2, -0.15) is 0 Å². The highest BCUT2D eigenvalue weighted by molar-refractivity contribution is 6.30. The van der Waals surface area contributed by atoms with Gasteiger partial charge in [0.2, 0.25) is 0 Å². The number of ether oxygens (including phenoxy) is 1. The molecule has 0 aliphatic heterocycles. The Balaban J connectivity index is 2.16. The van der Waals surface area contributed by atoms with Crippen molar-refractivity contribution in [1.29, 1.82) is 0 Å². The molecule has 0 unspecified atom stereocenters. The summed E-state index contributed by atoms with van der Waals surface area (Å²) >= 11 is 5.98. The van der Waals surface area contributed by atoms with Crippen LogP contribution < -0.4 is 10.1 Å². The van der Waals surface area contributed by atoms with Crippen molar-refractivity contribution < 1.29 is 4.74 Å². The molecule has 0 aliphatic carbocycles. The highest BCUT2D eigenvalue weighted by Crippen LogP contribution is 2.30. The standard InChI is InChI=1S/C18H22ClNO/c1-4-9-20-12-15-6-5-13(2)18(11-15)21-17-8-7-16(19)10-14(17)3/h5-8,10-11,20H,4,9,12H2,1-3H3. The van der Waals surface area contributed by atoms with E-state index in [2.05, 4.69) is 37.4 Å². The van der Waals surface area contributed by atoms with Crippen LogP contribution in [-0.2, 0) is 6.54 Å². The second kappa shape index (κ2) is 7.48. The maximum absolute atomic E-state index is 6.06. The van der Waals surface area contributed by atoms with Crippen LogP contribution >= 0.6 is 11.6 Å². The number of halogens is 1. The van der Waals surface area contributed by atoms with Crippen LogP contribution in [0.3, 0.4) is 0 Å². The number of hydrogen-bond donors (Lipinski definition) is 1. The summed E-state index contributed by atoms with van der Waals surface area (Å²) in [6.07, 6.45) is 1.14. The highest BCUT2D eigenvalue weighted by Gasteiger charge is 2.06. The molecule has 112 valence electrons. The third-order valence-corrected chi connectivity index (χ3v) is 3.60. The van der Waals surface area contributed by atoms with Gasteiger partial charge >= 0.3 is 0 Å². The molecule has 0 fully saturated rings. The van der Waals surface area contributed by atoms with E-state index in [1.54, 1.807) is 0 Å². The quantitative estimate of drug-likeness (QED) is 0.736. The SMILES string of the molecule is CCCNCc1ccc(C)c(Oc2ccc(Cl)cc2C)c1. The van der Waals surface area contributed by atoms with Gasteiger partial charge in [0.25, 0.3) is 0 Å². The zero-order valence-corrected chi connectivity index (χ0v) is 13.6. The van der Waals surface area contributed by atoms with Gasteiger partial charge in [0, 0.05) is 11.6 Å². The molecule has 0 saturated carbocycles. The van der Waals surface area contributed by atoms with Gasteiger partial charge < -0.3 is 10.1 Å². The Kier molecular flexibility index (Phi) is 5.66. The summed E-state index contributed by atoms with van der Waals surface area (Å²) in [5.41, 5.74) is 3.40. The van der Waals surface area contributed by atoms with Gasteiger partial charge in [0.15, 0.2) is 0 Å². The van der Waals surface area contributed by atoms with Crippen LogP contribution in [0.1, 0.15) is 30.0 Å². The van der Waals surface area contributed by atoms with Gasteiger partial charge in [0.1, 0.15) is 11.5 Å². The van der Waals surface area contributed by atoms with Crippen LogP contribution in [0.4, 0.5) is 0 Å². The molecule has 2 aromatic carbocycles. The Morgan fingerprint density at radius 2 is 1.81 bits per heavy atom. The summed E-state index contributed by atoms with van der Waals surface area (Å²) in [6.45, 7) is 8.12. The molecule has 0 aliphatic rings. The van der Waals surface area contributed by atoms with E-state index < -0.39 is 0 Å². The molecule has 0 radical (unpaired) electrons. The van der Waals surface area contributed by atoms with Crippen molar-refractivity contribution in [3.63, 3.8) is 0 Å². The molecule has 3 heteroatoms. The number of aryl methyl sites for hydroxylation is 2. The van der Waals surface area contributed by atoms with Gasteiger partial charge in [-0.3, -0.25) is 0 Å². The fraction of sp³-hybridized carbons (Fsp3) is 0.333. The van der Waals surface area contributed by atoms with Crippen molar-refractivity contribution in [1.82, 2.24) is 5.32 Å². The Labute approximate surface area is 132 Å². The molecule has 0 aromatic heterocycles. The van der Waals surface area contributed by atoms with E-state index in [4.69, 9.17) is 16.3 Å². The van der Waals surface area contributed by atoms with Gasteiger partial charge in [0.05, 0.1) is 0 Å². The fourth-order valence-electron chi connectivity index (χ4n) is 2.12. The average molecular weight is 304 g/mol. The van der Waals surface area contributed by atoms with Crippen molar-refractivity contribution in [3.8, 4) is 11.5 Å². The lowest BCUT2D eigenvalue weighted by Crippen LogP contribution is -2.13. The Hall–Kier alpha value is -1.51. The van der Waals surface area contributed by atoms with Crippen molar-refractivity contribution in [2.45, 2.75) is 33.7 Å². The van der Waals surface area contributed by atoms with E-state index in [0.717, 1.165) is 47.2 Å². The molecular formula is C18H22ClNO. The van der Waals surface area contributed by atoms with Crippen LogP contribution in [0.5, 0.6) is 11.5 Å². The molecule has 2 aromatic rings. The predicted molar refractivity (Wildman–Crippen MR) is 89.4 cm³/mol. The lowest BCUT2D eigenvalue weighted by molar-refractivity contribution is 0.474. The van der Waals surface area contributed by atoms with Crippen LogP contribution in [0.25, 0.3) is 0 Å². The predicted octanol–water partition coefficient (Wildman–Crippen LogP) is 5.25. The van der Waals surface area contributed by atoms with Crippen LogP contribution in [0.2, 0.25) is 5.02 Å². The lowest BCUT2D eigenvalue weighted by Gasteiger charge is -2.13. The second-order valence-electron chi connectivity index (χ2n) is 5.29. The zero-order chi connectivity index (χ0) is 15.2. The van der Waals surface area contributed by atoms with Crippen LogP contribution in [-0.4, -0.2) is 6.54 Å². The minimum absolute atomic E-state index is 0.731. The van der Waals surface area contributed by atoms with E-state index in [1.807, 2.05) is 25.1 Å². The maximum atomic E-state index is 6.06. The number of hydrogen-bond acceptors (Lipinski definition) is 2. The Bertz CT molecular complexity index is 610. The van der Waals surface area contributed by atoms with Gasteiger partial charge in [-0.1, -0.05) is 30.7 Å². The van der Waals surface area contributed by atoms with Crippen molar-refractivity contribution >= 4 is 11.6 Å². The lowest BCUT2D eigenvalue weighted by atomic mass is 10.1. The first-order valence-electron chi connectivity index (χ1n) is 7.34. The maximum Gasteiger partial charge on any atom is 0.130 e. The Morgan fingerprint density at radius 3 is 2.52 bits per heavy atom. The average Bonchev–Trinajstić information content (AvgIpc) is 2.45. The van der Waals surface area contributed by atoms with Gasteiger partial charge in [-0.05, 0) is 67.8 Å². The summed E-state index contributed by atoms with van der Waals surface area (Å²) in [5, 5.41) is 4.14. The fourth-order valence-corrected chi connectivity index (χ4v) is 2.35. The molecule has 0 spiro atoms. The highest BCUT2D eigenvalue weighted by atomic mass is 35.5. The van der Waals surface area contributed by atoms with E-state index in [-0.39, 0.29) is 0 Å². The van der Waals surface area contributed by atoms with E-state index in [1.165, 1.54) is 5.56 Å². The summed E-state index contributed by atoms with van der Waals surface area (Å²) in [5.74, 6) is 1.75. The van der Waals surface area contributed by atoms with E-state index in [0.29, 0.717) is 0 Å². The molecular weight excluding hydrogens is 282 g/mol. The van der Waals surface area contributed by atoms with E-state index >= 15 is 0 Å². The van der Waals surface area contributed by atoms with Crippen LogP contribution in [0, 0.1) is 13.8 Å². The zero-order valence-electron chi connectivity index (χ0n) is 12.9. The van der Waals surface area contributed by atoms with Crippen LogP contribution in [0.15, 0.2) is 36.4 Å². The molecule has 2 rings (SSSR count). The van der Waals surface area contributed by atoms with E-state index in [9.17, 15) is 0 Å². The molecule has 0 bridgehead atoms. The topological polar surface area (TPSA) is 21.3 Å². The Morgan fingerprint density at radius 1 is 1.00 bits per heavy atom. The normalized spacial score (nSPS) is 10.7. The molecule has 2 nitrogen and oxygen atoms in total. The minimum Gasteiger partial charge on any atom is -0.457 e. The molecule has 0 heterocycles. The van der Waals surface area contributed by atoms with Crippen molar-refractivity contribution in [2.24, 2.45) is 0 Å².